The molecule has 0 amide bonds. The summed E-state index contributed by atoms with van der Waals surface area (Å²) in [4.78, 5) is 0. The first-order chi connectivity index (χ1) is 10.8. The van der Waals surface area contributed by atoms with Crippen molar-refractivity contribution in [2.75, 3.05) is 0 Å². The third-order valence-electron chi connectivity index (χ3n) is 4.09. The van der Waals surface area contributed by atoms with Gasteiger partial charge in [0.15, 0.2) is 0 Å². The van der Waals surface area contributed by atoms with E-state index >= 15 is 0 Å². The topological polar surface area (TPSA) is 20.2 Å². The molecule has 0 fully saturated rings. The quantitative estimate of drug-likeness (QED) is 0.241. The van der Waals surface area contributed by atoms with E-state index in [2.05, 4.69) is 32.1 Å². The zero-order valence-electron chi connectivity index (χ0n) is 15.2. The van der Waals surface area contributed by atoms with Crippen LogP contribution in [0.3, 0.4) is 0 Å². The average molecular weight is 309 g/mol. The third-order valence-corrected chi connectivity index (χ3v) is 4.09. The lowest BCUT2D eigenvalue weighted by Gasteiger charge is -2.03. The van der Waals surface area contributed by atoms with Crippen molar-refractivity contribution in [3.05, 3.63) is 24.3 Å². The number of unbranched alkanes of at least 4 members (excludes halogenated alkanes) is 10. The normalized spacial score (nSPS) is 13.4. The maximum absolute atomic E-state index is 9.68. The van der Waals surface area contributed by atoms with E-state index in [0.717, 1.165) is 19.3 Å². The summed E-state index contributed by atoms with van der Waals surface area (Å²) in [7, 11) is 0. The molecule has 0 aromatic heterocycles. The summed E-state index contributed by atoms with van der Waals surface area (Å²) in [6, 6.07) is 0. The van der Waals surface area contributed by atoms with Crippen molar-refractivity contribution in [2.45, 2.75) is 110 Å². The predicted octanol–water partition coefficient (Wildman–Crippen LogP) is 6.96. The van der Waals surface area contributed by atoms with Crippen molar-refractivity contribution >= 4 is 0 Å². The second-order valence-electron chi connectivity index (χ2n) is 6.45. The van der Waals surface area contributed by atoms with Gasteiger partial charge < -0.3 is 5.11 Å². The fourth-order valence-corrected chi connectivity index (χ4v) is 2.57. The summed E-state index contributed by atoms with van der Waals surface area (Å²) in [5.41, 5.74) is 0. The summed E-state index contributed by atoms with van der Waals surface area (Å²) >= 11 is 0. The van der Waals surface area contributed by atoms with Gasteiger partial charge in [-0.05, 0) is 44.9 Å². The molecule has 0 heterocycles. The van der Waals surface area contributed by atoms with Crippen LogP contribution in [0.5, 0.6) is 0 Å². The molecule has 0 saturated carbocycles. The van der Waals surface area contributed by atoms with Gasteiger partial charge in [0.05, 0.1) is 6.10 Å². The molecule has 0 aromatic carbocycles. The smallest absolute Gasteiger partial charge is 0.0720 e. The van der Waals surface area contributed by atoms with Crippen LogP contribution in [0.1, 0.15) is 104 Å². The van der Waals surface area contributed by atoms with Crippen molar-refractivity contribution in [1.29, 1.82) is 0 Å². The Bertz CT molecular complexity index is 255. The van der Waals surface area contributed by atoms with Crippen LogP contribution in [0.25, 0.3) is 0 Å². The molecule has 22 heavy (non-hydrogen) atoms. The van der Waals surface area contributed by atoms with Gasteiger partial charge >= 0.3 is 0 Å². The Morgan fingerprint density at radius 3 is 1.73 bits per heavy atom. The van der Waals surface area contributed by atoms with Crippen LogP contribution >= 0.6 is 0 Å². The Hall–Kier alpha value is -0.560. The largest absolute Gasteiger partial charge is 0.389 e. The second-order valence-corrected chi connectivity index (χ2v) is 6.45. The molecule has 0 aliphatic rings. The molecule has 0 aliphatic heterocycles. The molecule has 0 unspecified atom stereocenters. The van der Waals surface area contributed by atoms with E-state index in [-0.39, 0.29) is 6.10 Å². The van der Waals surface area contributed by atoms with E-state index in [9.17, 15) is 5.11 Å². The Balaban J connectivity index is 3.21. The van der Waals surface area contributed by atoms with Crippen LogP contribution in [0.15, 0.2) is 24.3 Å². The lowest BCUT2D eigenvalue weighted by Crippen LogP contribution is -2.00. The van der Waals surface area contributed by atoms with Crippen molar-refractivity contribution in [3.8, 4) is 0 Å². The van der Waals surface area contributed by atoms with E-state index in [0.29, 0.717) is 0 Å². The average Bonchev–Trinajstić information content (AvgIpc) is 2.53. The highest BCUT2D eigenvalue weighted by atomic mass is 16.3. The molecule has 1 nitrogen and oxygen atoms in total. The first-order valence-corrected chi connectivity index (χ1v) is 9.81. The highest BCUT2D eigenvalue weighted by Crippen LogP contribution is 2.09. The van der Waals surface area contributed by atoms with E-state index in [1.54, 1.807) is 0 Å². The van der Waals surface area contributed by atoms with Gasteiger partial charge in [-0.3, -0.25) is 0 Å². The minimum Gasteiger partial charge on any atom is -0.389 e. The van der Waals surface area contributed by atoms with Gasteiger partial charge in [0, 0.05) is 0 Å². The standard InChI is InChI=1S/C21H40O/c1-3-5-7-8-9-10-11-12-13-14-15-16-17-18-20-21(22)19-6-4-2/h9-10,18,20-22H,3-8,11-17,19H2,1-2H3/b10-9-,20-18-/t21-/m1/s1. The zero-order chi connectivity index (χ0) is 16.3. The molecule has 0 aromatic rings. The lowest BCUT2D eigenvalue weighted by atomic mass is 10.1. The minimum absolute atomic E-state index is 0.218. The van der Waals surface area contributed by atoms with Crippen LogP contribution in [0.2, 0.25) is 0 Å². The van der Waals surface area contributed by atoms with Crippen LogP contribution in [-0.4, -0.2) is 11.2 Å². The number of allylic oxidation sites excluding steroid dienone is 3. The number of aliphatic hydroxyl groups is 1. The first kappa shape index (κ1) is 21.4. The van der Waals surface area contributed by atoms with Crippen molar-refractivity contribution in [3.63, 3.8) is 0 Å². The molecular weight excluding hydrogens is 268 g/mol. The number of rotatable bonds is 16. The highest BCUT2D eigenvalue weighted by Gasteiger charge is 1.96. The summed E-state index contributed by atoms with van der Waals surface area (Å²) in [5, 5.41) is 9.68. The predicted molar refractivity (Wildman–Crippen MR) is 100 cm³/mol. The summed E-state index contributed by atoms with van der Waals surface area (Å²) in [6.45, 7) is 4.42. The molecule has 0 rings (SSSR count). The van der Waals surface area contributed by atoms with Crippen molar-refractivity contribution in [1.82, 2.24) is 0 Å². The molecule has 130 valence electrons. The van der Waals surface area contributed by atoms with Crippen LogP contribution in [-0.2, 0) is 0 Å². The number of hydrogen-bond acceptors (Lipinski definition) is 1. The molecule has 1 atom stereocenters. The molecule has 1 N–H and O–H groups in total. The van der Waals surface area contributed by atoms with Gasteiger partial charge in [0.25, 0.3) is 0 Å². The molecule has 0 bridgehead atoms. The third kappa shape index (κ3) is 17.5. The lowest BCUT2D eigenvalue weighted by molar-refractivity contribution is 0.209. The molecule has 0 aliphatic carbocycles. The fraction of sp³-hybridized carbons (Fsp3) is 0.810. The Morgan fingerprint density at radius 2 is 1.14 bits per heavy atom. The van der Waals surface area contributed by atoms with Gasteiger partial charge in [-0.15, -0.1) is 0 Å². The molecule has 0 saturated heterocycles. The summed E-state index contributed by atoms with van der Waals surface area (Å²) in [6.07, 6.45) is 26.2. The van der Waals surface area contributed by atoms with Gasteiger partial charge in [-0.25, -0.2) is 0 Å². The maximum atomic E-state index is 9.68. The fourth-order valence-electron chi connectivity index (χ4n) is 2.57. The monoisotopic (exact) mass is 308 g/mol. The number of hydrogen-bond donors (Lipinski definition) is 1. The highest BCUT2D eigenvalue weighted by molar-refractivity contribution is 4.88. The van der Waals surface area contributed by atoms with E-state index in [1.807, 2.05) is 6.08 Å². The molecule has 0 radical (unpaired) electrons. The SMILES string of the molecule is CCCCC/C=C\CCCCCCC/C=C\[C@H](O)CCCC. The van der Waals surface area contributed by atoms with Crippen LogP contribution in [0, 0.1) is 0 Å². The van der Waals surface area contributed by atoms with E-state index in [4.69, 9.17) is 0 Å². The van der Waals surface area contributed by atoms with Gasteiger partial charge in [0.1, 0.15) is 0 Å². The maximum Gasteiger partial charge on any atom is 0.0720 e. The first-order valence-electron chi connectivity index (χ1n) is 9.81. The summed E-state index contributed by atoms with van der Waals surface area (Å²) in [5.74, 6) is 0. The van der Waals surface area contributed by atoms with Crippen LogP contribution < -0.4 is 0 Å². The molecule has 1 heteroatoms. The van der Waals surface area contributed by atoms with E-state index < -0.39 is 0 Å². The van der Waals surface area contributed by atoms with Crippen LogP contribution in [0.4, 0.5) is 0 Å². The van der Waals surface area contributed by atoms with Gasteiger partial charge in [-0.1, -0.05) is 83.1 Å². The molecule has 0 spiro atoms. The Kier molecular flexibility index (Phi) is 18.0. The summed E-state index contributed by atoms with van der Waals surface area (Å²) < 4.78 is 0. The Labute approximate surface area is 139 Å². The van der Waals surface area contributed by atoms with Gasteiger partial charge in [-0.2, -0.15) is 0 Å². The molecular formula is C21H40O. The van der Waals surface area contributed by atoms with E-state index in [1.165, 1.54) is 70.6 Å². The Morgan fingerprint density at radius 1 is 0.636 bits per heavy atom. The number of aliphatic hydroxyl groups excluding tert-OH is 1. The van der Waals surface area contributed by atoms with Crippen molar-refractivity contribution < 1.29 is 5.11 Å². The van der Waals surface area contributed by atoms with Crippen molar-refractivity contribution in [2.24, 2.45) is 0 Å². The minimum atomic E-state index is -0.218. The zero-order valence-corrected chi connectivity index (χ0v) is 15.2. The van der Waals surface area contributed by atoms with Gasteiger partial charge in [0.2, 0.25) is 0 Å². The second kappa shape index (κ2) is 18.5.